The Bertz CT molecular complexity index is 536. The maximum absolute atomic E-state index is 11.3. The highest BCUT2D eigenvalue weighted by molar-refractivity contribution is 5.39. The molecule has 1 aliphatic carbocycles. The smallest absolute Gasteiger partial charge is 0.0942 e. The minimum absolute atomic E-state index is 0.0858. The molecule has 1 aliphatic heterocycles. The van der Waals surface area contributed by atoms with E-state index in [1.807, 2.05) is 12.1 Å². The van der Waals surface area contributed by atoms with Crippen molar-refractivity contribution in [2.45, 2.75) is 57.2 Å². The summed E-state index contributed by atoms with van der Waals surface area (Å²) in [4.78, 5) is 0. The fourth-order valence-corrected chi connectivity index (χ4v) is 4.00. The van der Waals surface area contributed by atoms with Crippen LogP contribution in [0, 0.1) is 16.7 Å². The molecule has 3 rings (SSSR count). The highest BCUT2D eigenvalue weighted by Gasteiger charge is 2.55. The topological polar surface area (TPSA) is 53.2 Å². The van der Waals surface area contributed by atoms with Gasteiger partial charge in [0, 0.05) is 19.4 Å². The van der Waals surface area contributed by atoms with Gasteiger partial charge < -0.3 is 9.84 Å². The molecular formula is C18H23NO2. The van der Waals surface area contributed by atoms with E-state index in [1.54, 1.807) is 0 Å². The number of benzene rings is 1. The number of ether oxygens (including phenoxy) is 1. The van der Waals surface area contributed by atoms with Crippen molar-refractivity contribution in [2.75, 3.05) is 6.61 Å². The van der Waals surface area contributed by atoms with E-state index in [2.05, 4.69) is 25.1 Å². The molecular weight excluding hydrogens is 262 g/mol. The van der Waals surface area contributed by atoms with E-state index in [1.165, 1.54) is 11.1 Å². The number of nitriles is 1. The maximum atomic E-state index is 11.3. The highest BCUT2D eigenvalue weighted by atomic mass is 16.5. The first kappa shape index (κ1) is 14.6. The quantitative estimate of drug-likeness (QED) is 0.928. The van der Waals surface area contributed by atoms with Crippen molar-refractivity contribution in [1.29, 1.82) is 5.26 Å². The summed E-state index contributed by atoms with van der Waals surface area (Å²) in [5.74, 6) is 0. The molecule has 3 nitrogen and oxygen atoms in total. The van der Waals surface area contributed by atoms with Crippen molar-refractivity contribution in [1.82, 2.24) is 0 Å². The second-order valence-corrected chi connectivity index (χ2v) is 6.58. The van der Waals surface area contributed by atoms with Crippen LogP contribution in [0.25, 0.3) is 0 Å². The molecule has 1 saturated heterocycles. The lowest BCUT2D eigenvalue weighted by Crippen LogP contribution is -2.54. The molecule has 0 bridgehead atoms. The van der Waals surface area contributed by atoms with Gasteiger partial charge in [0.25, 0.3) is 0 Å². The lowest BCUT2D eigenvalue weighted by atomic mass is 9.65. The van der Waals surface area contributed by atoms with Crippen LogP contribution in [-0.4, -0.2) is 23.4 Å². The predicted octanol–water partition coefficient (Wildman–Crippen LogP) is 3.01. The van der Waals surface area contributed by atoms with E-state index in [4.69, 9.17) is 4.74 Å². The summed E-state index contributed by atoms with van der Waals surface area (Å²) >= 11 is 0. The number of fused-ring (bicyclic) bond motifs is 1. The second kappa shape index (κ2) is 5.44. The van der Waals surface area contributed by atoms with Crippen LogP contribution in [0.5, 0.6) is 0 Å². The lowest BCUT2D eigenvalue weighted by Gasteiger charge is -2.45. The van der Waals surface area contributed by atoms with Crippen LogP contribution in [0.1, 0.15) is 43.7 Å². The fraction of sp³-hybridized carbons (Fsp3) is 0.611. The molecule has 1 N–H and O–H groups in total. The number of aliphatic hydroxyl groups is 1. The Morgan fingerprint density at radius 3 is 2.57 bits per heavy atom. The molecule has 112 valence electrons. The van der Waals surface area contributed by atoms with Crippen molar-refractivity contribution in [3.8, 4) is 6.07 Å². The Morgan fingerprint density at radius 2 is 2.00 bits per heavy atom. The Morgan fingerprint density at radius 1 is 1.33 bits per heavy atom. The van der Waals surface area contributed by atoms with Crippen molar-refractivity contribution >= 4 is 0 Å². The summed E-state index contributed by atoms with van der Waals surface area (Å²) in [6, 6.07) is 10.7. The number of nitrogens with zero attached hydrogens (tertiary/aromatic N) is 1. The minimum Gasteiger partial charge on any atom is -0.388 e. The molecule has 2 unspecified atom stereocenters. The third kappa shape index (κ3) is 2.37. The Hall–Kier alpha value is -1.37. The van der Waals surface area contributed by atoms with Gasteiger partial charge in [-0.1, -0.05) is 37.6 Å². The largest absolute Gasteiger partial charge is 0.388 e. The van der Waals surface area contributed by atoms with Gasteiger partial charge >= 0.3 is 0 Å². The first-order chi connectivity index (χ1) is 10.1. The summed E-state index contributed by atoms with van der Waals surface area (Å²) in [7, 11) is 0. The first-order valence-electron chi connectivity index (χ1n) is 7.94. The number of rotatable bonds is 3. The van der Waals surface area contributed by atoms with Crippen LogP contribution in [0.4, 0.5) is 0 Å². The molecule has 0 spiro atoms. The number of hydrogen-bond donors (Lipinski definition) is 1. The van der Waals surface area contributed by atoms with E-state index >= 15 is 0 Å². The van der Waals surface area contributed by atoms with Gasteiger partial charge in [-0.2, -0.15) is 5.26 Å². The SMILES string of the molecule is CCCC1CC(O)(C2(C#N)Cc3ccccc3C2)CCO1. The van der Waals surface area contributed by atoms with Gasteiger partial charge in [0.15, 0.2) is 0 Å². The molecule has 2 aliphatic rings. The van der Waals surface area contributed by atoms with Crippen LogP contribution in [-0.2, 0) is 17.6 Å². The Labute approximate surface area is 126 Å². The lowest BCUT2D eigenvalue weighted by molar-refractivity contribution is -0.151. The Balaban J connectivity index is 1.89. The standard InChI is InChI=1S/C18H23NO2/c1-2-5-16-12-18(20,8-9-21-16)17(13-19)10-14-6-3-4-7-15(14)11-17/h3-4,6-7,16,20H,2,5,8-12H2,1H3. The van der Waals surface area contributed by atoms with E-state index in [0.29, 0.717) is 32.3 Å². The van der Waals surface area contributed by atoms with Gasteiger partial charge in [-0.3, -0.25) is 0 Å². The molecule has 21 heavy (non-hydrogen) atoms. The third-order valence-corrected chi connectivity index (χ3v) is 5.25. The molecule has 0 amide bonds. The van der Waals surface area contributed by atoms with Gasteiger partial charge in [0.2, 0.25) is 0 Å². The van der Waals surface area contributed by atoms with Crippen molar-refractivity contribution in [3.63, 3.8) is 0 Å². The molecule has 0 aromatic heterocycles. The molecule has 0 radical (unpaired) electrons. The zero-order valence-corrected chi connectivity index (χ0v) is 12.6. The van der Waals surface area contributed by atoms with Gasteiger partial charge in [-0.05, 0) is 30.4 Å². The summed E-state index contributed by atoms with van der Waals surface area (Å²) < 4.78 is 5.77. The van der Waals surface area contributed by atoms with Gasteiger partial charge in [-0.15, -0.1) is 0 Å². The zero-order valence-electron chi connectivity index (χ0n) is 12.6. The van der Waals surface area contributed by atoms with E-state index < -0.39 is 11.0 Å². The second-order valence-electron chi connectivity index (χ2n) is 6.58. The molecule has 1 aromatic carbocycles. The van der Waals surface area contributed by atoms with E-state index in [9.17, 15) is 10.4 Å². The zero-order chi connectivity index (χ0) is 14.9. The summed E-state index contributed by atoms with van der Waals surface area (Å²) in [5.41, 5.74) is 0.808. The highest BCUT2D eigenvalue weighted by Crippen LogP contribution is 2.49. The van der Waals surface area contributed by atoms with Crippen molar-refractivity contribution < 1.29 is 9.84 Å². The van der Waals surface area contributed by atoms with Crippen LogP contribution in [0.3, 0.4) is 0 Å². The molecule has 3 heteroatoms. The molecule has 1 heterocycles. The van der Waals surface area contributed by atoms with Gasteiger partial charge in [0.05, 0.1) is 23.2 Å². The fourth-order valence-electron chi connectivity index (χ4n) is 4.00. The summed E-state index contributed by atoms with van der Waals surface area (Å²) in [6.45, 7) is 2.68. The van der Waals surface area contributed by atoms with Crippen LogP contribution >= 0.6 is 0 Å². The van der Waals surface area contributed by atoms with Crippen LogP contribution in [0.2, 0.25) is 0 Å². The normalized spacial score (nSPS) is 30.6. The third-order valence-electron chi connectivity index (χ3n) is 5.25. The van der Waals surface area contributed by atoms with Crippen LogP contribution < -0.4 is 0 Å². The van der Waals surface area contributed by atoms with Crippen molar-refractivity contribution in [2.24, 2.45) is 5.41 Å². The average Bonchev–Trinajstić information content (AvgIpc) is 2.88. The average molecular weight is 285 g/mol. The minimum atomic E-state index is -0.932. The summed E-state index contributed by atoms with van der Waals surface area (Å²) in [6.07, 6.45) is 4.56. The monoisotopic (exact) mass is 285 g/mol. The van der Waals surface area contributed by atoms with E-state index in [0.717, 1.165) is 12.8 Å². The predicted molar refractivity (Wildman–Crippen MR) is 80.7 cm³/mol. The molecule has 1 aromatic rings. The van der Waals surface area contributed by atoms with Gasteiger partial charge in [-0.25, -0.2) is 0 Å². The van der Waals surface area contributed by atoms with Crippen LogP contribution in [0.15, 0.2) is 24.3 Å². The van der Waals surface area contributed by atoms with E-state index in [-0.39, 0.29) is 6.10 Å². The molecule has 1 fully saturated rings. The summed E-state index contributed by atoms with van der Waals surface area (Å²) in [5, 5.41) is 21.2. The molecule has 0 saturated carbocycles. The first-order valence-corrected chi connectivity index (χ1v) is 7.94. The number of hydrogen-bond acceptors (Lipinski definition) is 3. The molecule has 2 atom stereocenters. The van der Waals surface area contributed by atoms with Gasteiger partial charge in [0.1, 0.15) is 0 Å². The maximum Gasteiger partial charge on any atom is 0.0942 e. The van der Waals surface area contributed by atoms with Crippen molar-refractivity contribution in [3.05, 3.63) is 35.4 Å². The Kier molecular flexibility index (Phi) is 3.77.